The third-order valence-electron chi connectivity index (χ3n) is 0.927. The van der Waals surface area contributed by atoms with Gasteiger partial charge in [-0.05, 0) is 34.1 Å². The van der Waals surface area contributed by atoms with Crippen molar-refractivity contribution in [3.05, 3.63) is 28.6 Å². The van der Waals surface area contributed by atoms with E-state index in [-0.39, 0.29) is 0 Å². The normalized spacial score (nSPS) is 10.5. The van der Waals surface area contributed by atoms with Crippen LogP contribution in [0.4, 0.5) is 0 Å². The summed E-state index contributed by atoms with van der Waals surface area (Å²) in [5, 5.41) is 0. The zero-order chi connectivity index (χ0) is 7.40. The standard InChI is InChI=1S/C7H5BrO2/c8-6-4-7(10-5-6)2-1-3-9/h1-5H. The number of carbonyl (C=O) groups excluding carboxylic acids is 1. The minimum absolute atomic E-state index is 0.666. The number of hydrogen-bond donors (Lipinski definition) is 0. The van der Waals surface area contributed by atoms with E-state index in [2.05, 4.69) is 15.9 Å². The van der Waals surface area contributed by atoms with Crippen molar-refractivity contribution in [1.82, 2.24) is 0 Å². The lowest BCUT2D eigenvalue weighted by atomic mass is 10.4. The Morgan fingerprint density at radius 3 is 2.90 bits per heavy atom. The van der Waals surface area contributed by atoms with E-state index in [0.29, 0.717) is 12.0 Å². The van der Waals surface area contributed by atoms with Crippen molar-refractivity contribution in [2.45, 2.75) is 0 Å². The Balaban J connectivity index is 2.75. The first-order chi connectivity index (χ1) is 4.83. The Hall–Kier alpha value is -0.830. The van der Waals surface area contributed by atoms with E-state index in [0.717, 1.165) is 4.47 Å². The predicted octanol–water partition coefficient (Wildman–Crippen LogP) is 2.25. The molecule has 1 aromatic heterocycles. The fourth-order valence-electron chi connectivity index (χ4n) is 0.550. The summed E-state index contributed by atoms with van der Waals surface area (Å²) in [6.07, 6.45) is 5.24. The molecule has 3 heteroatoms. The van der Waals surface area contributed by atoms with Gasteiger partial charge in [0.15, 0.2) is 0 Å². The van der Waals surface area contributed by atoms with Gasteiger partial charge in [-0.1, -0.05) is 0 Å². The van der Waals surface area contributed by atoms with Gasteiger partial charge in [-0.15, -0.1) is 0 Å². The number of furan rings is 1. The minimum atomic E-state index is 0.666. The summed E-state index contributed by atoms with van der Waals surface area (Å²) in [6, 6.07) is 1.78. The second-order valence-electron chi connectivity index (χ2n) is 1.66. The molecule has 0 spiro atoms. The summed E-state index contributed by atoms with van der Waals surface area (Å²) in [5.74, 6) is 0.666. The summed E-state index contributed by atoms with van der Waals surface area (Å²) >= 11 is 3.21. The molecule has 0 saturated heterocycles. The van der Waals surface area contributed by atoms with Crippen molar-refractivity contribution >= 4 is 28.3 Å². The first-order valence-electron chi connectivity index (χ1n) is 2.69. The van der Waals surface area contributed by atoms with Crippen LogP contribution in [0, 0.1) is 0 Å². The summed E-state index contributed by atoms with van der Waals surface area (Å²) in [6.45, 7) is 0. The quantitative estimate of drug-likeness (QED) is 0.542. The zero-order valence-electron chi connectivity index (χ0n) is 5.08. The van der Waals surface area contributed by atoms with Crippen LogP contribution in [0.15, 0.2) is 27.3 Å². The van der Waals surface area contributed by atoms with E-state index in [4.69, 9.17) is 4.42 Å². The molecule has 0 N–H and O–H groups in total. The topological polar surface area (TPSA) is 30.2 Å². The predicted molar refractivity (Wildman–Crippen MR) is 41.5 cm³/mol. The monoisotopic (exact) mass is 200 g/mol. The van der Waals surface area contributed by atoms with Crippen LogP contribution in [0.5, 0.6) is 0 Å². The third-order valence-corrected chi connectivity index (χ3v) is 1.34. The highest BCUT2D eigenvalue weighted by molar-refractivity contribution is 9.10. The van der Waals surface area contributed by atoms with Crippen LogP contribution >= 0.6 is 15.9 Å². The van der Waals surface area contributed by atoms with Gasteiger partial charge in [-0.2, -0.15) is 0 Å². The number of halogens is 1. The molecule has 2 nitrogen and oxygen atoms in total. The molecule has 0 aliphatic carbocycles. The van der Waals surface area contributed by atoms with Crippen molar-refractivity contribution in [1.29, 1.82) is 0 Å². The van der Waals surface area contributed by atoms with Crippen molar-refractivity contribution in [2.75, 3.05) is 0 Å². The van der Waals surface area contributed by atoms with E-state index in [9.17, 15) is 4.79 Å². The van der Waals surface area contributed by atoms with E-state index >= 15 is 0 Å². The molecule has 1 aromatic rings. The summed E-state index contributed by atoms with van der Waals surface area (Å²) in [7, 11) is 0. The number of rotatable bonds is 2. The largest absolute Gasteiger partial charge is 0.464 e. The molecule has 0 aliphatic rings. The molecule has 0 bridgehead atoms. The molecule has 0 saturated carbocycles. The molecule has 0 aromatic carbocycles. The van der Waals surface area contributed by atoms with Crippen LogP contribution < -0.4 is 0 Å². The van der Waals surface area contributed by atoms with Crippen molar-refractivity contribution in [3.8, 4) is 0 Å². The van der Waals surface area contributed by atoms with Crippen molar-refractivity contribution in [3.63, 3.8) is 0 Å². The summed E-state index contributed by atoms with van der Waals surface area (Å²) in [5.41, 5.74) is 0. The third kappa shape index (κ3) is 1.84. The number of aldehydes is 1. The van der Waals surface area contributed by atoms with Gasteiger partial charge in [0.2, 0.25) is 0 Å². The number of allylic oxidation sites excluding steroid dienone is 1. The smallest absolute Gasteiger partial charge is 0.142 e. The fraction of sp³-hybridized carbons (Fsp3) is 0. The van der Waals surface area contributed by atoms with Gasteiger partial charge in [-0.25, -0.2) is 0 Å². The molecule has 0 amide bonds. The number of carbonyl (C=O) groups is 1. The van der Waals surface area contributed by atoms with Gasteiger partial charge in [0.1, 0.15) is 18.3 Å². The number of hydrogen-bond acceptors (Lipinski definition) is 2. The minimum Gasteiger partial charge on any atom is -0.464 e. The van der Waals surface area contributed by atoms with Gasteiger partial charge in [0.05, 0.1) is 4.47 Å². The van der Waals surface area contributed by atoms with E-state index < -0.39 is 0 Å². The Labute approximate surface area is 66.7 Å². The molecule has 1 rings (SSSR count). The van der Waals surface area contributed by atoms with E-state index in [1.165, 1.54) is 6.08 Å². The van der Waals surface area contributed by atoms with Crippen LogP contribution in [-0.4, -0.2) is 6.29 Å². The highest BCUT2D eigenvalue weighted by atomic mass is 79.9. The maximum absolute atomic E-state index is 9.84. The molecular weight excluding hydrogens is 196 g/mol. The maximum Gasteiger partial charge on any atom is 0.142 e. The molecule has 1 heterocycles. The maximum atomic E-state index is 9.84. The Morgan fingerprint density at radius 1 is 1.60 bits per heavy atom. The average Bonchev–Trinajstić information content (AvgIpc) is 2.31. The van der Waals surface area contributed by atoms with Crippen LogP contribution in [0.25, 0.3) is 6.08 Å². The molecule has 0 fully saturated rings. The average molecular weight is 201 g/mol. The van der Waals surface area contributed by atoms with Crippen LogP contribution in [-0.2, 0) is 4.79 Å². The Morgan fingerprint density at radius 2 is 2.40 bits per heavy atom. The van der Waals surface area contributed by atoms with Gasteiger partial charge < -0.3 is 4.42 Å². The summed E-state index contributed by atoms with van der Waals surface area (Å²) in [4.78, 5) is 9.84. The first kappa shape index (κ1) is 7.28. The van der Waals surface area contributed by atoms with Gasteiger partial charge >= 0.3 is 0 Å². The molecule has 0 radical (unpaired) electrons. The molecule has 0 aliphatic heterocycles. The second kappa shape index (κ2) is 3.37. The SMILES string of the molecule is O=CC=Cc1cc(Br)co1. The van der Waals surface area contributed by atoms with Crippen LogP contribution in [0.3, 0.4) is 0 Å². The van der Waals surface area contributed by atoms with Crippen molar-refractivity contribution in [2.24, 2.45) is 0 Å². The van der Waals surface area contributed by atoms with E-state index in [1.807, 2.05) is 0 Å². The van der Waals surface area contributed by atoms with Gasteiger partial charge in [-0.3, -0.25) is 4.79 Å². The second-order valence-corrected chi connectivity index (χ2v) is 2.58. The lowest BCUT2D eigenvalue weighted by molar-refractivity contribution is -0.104. The van der Waals surface area contributed by atoms with Crippen LogP contribution in [0.1, 0.15) is 5.76 Å². The van der Waals surface area contributed by atoms with Gasteiger partial charge in [0.25, 0.3) is 0 Å². The molecule has 0 unspecified atom stereocenters. The van der Waals surface area contributed by atoms with Crippen molar-refractivity contribution < 1.29 is 9.21 Å². The highest BCUT2D eigenvalue weighted by Crippen LogP contribution is 2.14. The molecule has 0 atom stereocenters. The molecule has 10 heavy (non-hydrogen) atoms. The lowest BCUT2D eigenvalue weighted by Crippen LogP contribution is -1.60. The molecular formula is C7H5BrO2. The zero-order valence-corrected chi connectivity index (χ0v) is 6.67. The fourth-order valence-corrected chi connectivity index (χ4v) is 0.869. The Bertz CT molecular complexity index is 250. The highest BCUT2D eigenvalue weighted by Gasteiger charge is 1.91. The molecule has 52 valence electrons. The Kier molecular flexibility index (Phi) is 2.45. The van der Waals surface area contributed by atoms with Gasteiger partial charge in [0, 0.05) is 0 Å². The summed E-state index contributed by atoms with van der Waals surface area (Å²) < 4.78 is 5.85. The lowest BCUT2D eigenvalue weighted by Gasteiger charge is -1.76. The van der Waals surface area contributed by atoms with E-state index in [1.54, 1.807) is 18.4 Å². The first-order valence-corrected chi connectivity index (χ1v) is 3.48. The van der Waals surface area contributed by atoms with Crippen LogP contribution in [0.2, 0.25) is 0 Å².